The Labute approximate surface area is 118 Å². The highest BCUT2D eigenvalue weighted by atomic mass is 16.1. The molecule has 2 unspecified atom stereocenters. The number of unbranched alkanes of at least 4 members (excludes halogenated alkanes) is 3. The minimum Gasteiger partial charge on any atom is -0.356 e. The minimum atomic E-state index is 0.176. The highest BCUT2D eigenvalue weighted by molar-refractivity contribution is 5.79. The number of rotatable bonds is 8. The average molecular weight is 268 g/mol. The molecule has 0 aliphatic carbocycles. The van der Waals surface area contributed by atoms with Gasteiger partial charge in [-0.25, -0.2) is 0 Å². The van der Waals surface area contributed by atoms with Crippen LogP contribution in [0.2, 0.25) is 0 Å². The average Bonchev–Trinajstić information content (AvgIpc) is 2.37. The Hall–Kier alpha value is -0.570. The second kappa shape index (κ2) is 9.35. The zero-order chi connectivity index (χ0) is 14.1. The monoisotopic (exact) mass is 268 g/mol. The molecule has 3 nitrogen and oxygen atoms in total. The largest absolute Gasteiger partial charge is 0.356 e. The van der Waals surface area contributed by atoms with Crippen LogP contribution in [0.1, 0.15) is 65.7 Å². The molecule has 2 atom stereocenters. The third-order valence-corrected chi connectivity index (χ3v) is 4.11. The smallest absolute Gasteiger partial charge is 0.224 e. The summed E-state index contributed by atoms with van der Waals surface area (Å²) in [4.78, 5) is 12.0. The number of hydrogen-bond donors (Lipinski definition) is 2. The fourth-order valence-electron chi connectivity index (χ4n) is 2.78. The number of carbonyl (C=O) groups is 1. The first-order valence-electron chi connectivity index (χ1n) is 8.12. The summed E-state index contributed by atoms with van der Waals surface area (Å²) in [5, 5.41) is 6.48. The van der Waals surface area contributed by atoms with Gasteiger partial charge in [0, 0.05) is 12.6 Å². The van der Waals surface area contributed by atoms with Crippen molar-refractivity contribution in [3.05, 3.63) is 0 Å². The molecular formula is C16H32N2O. The highest BCUT2D eigenvalue weighted by Gasteiger charge is 2.26. The van der Waals surface area contributed by atoms with Crippen LogP contribution in [-0.2, 0) is 4.79 Å². The normalized spacial score (nSPS) is 23.6. The molecule has 1 fully saturated rings. The van der Waals surface area contributed by atoms with E-state index in [2.05, 4.69) is 31.4 Å². The molecule has 1 heterocycles. The minimum absolute atomic E-state index is 0.176. The second-order valence-electron chi connectivity index (χ2n) is 6.38. The number of hydrogen-bond acceptors (Lipinski definition) is 2. The Morgan fingerprint density at radius 3 is 2.68 bits per heavy atom. The number of piperidine rings is 1. The van der Waals surface area contributed by atoms with E-state index in [-0.39, 0.29) is 11.8 Å². The van der Waals surface area contributed by atoms with Crippen LogP contribution in [0.3, 0.4) is 0 Å². The lowest BCUT2D eigenvalue weighted by Crippen LogP contribution is -2.46. The molecule has 3 heteroatoms. The van der Waals surface area contributed by atoms with Crippen LogP contribution in [-0.4, -0.2) is 25.0 Å². The zero-order valence-electron chi connectivity index (χ0n) is 13.0. The fraction of sp³-hybridized carbons (Fsp3) is 0.938. The van der Waals surface area contributed by atoms with E-state index in [4.69, 9.17) is 0 Å². The van der Waals surface area contributed by atoms with Crippen LogP contribution in [0, 0.1) is 11.8 Å². The van der Waals surface area contributed by atoms with Crippen molar-refractivity contribution < 1.29 is 4.79 Å². The summed E-state index contributed by atoms with van der Waals surface area (Å²) in [5.74, 6) is 1.25. The van der Waals surface area contributed by atoms with Gasteiger partial charge in [-0.15, -0.1) is 0 Å². The van der Waals surface area contributed by atoms with Gasteiger partial charge >= 0.3 is 0 Å². The van der Waals surface area contributed by atoms with Gasteiger partial charge in [0.25, 0.3) is 0 Å². The third kappa shape index (κ3) is 6.95. The lowest BCUT2D eigenvalue weighted by atomic mass is 9.91. The van der Waals surface area contributed by atoms with E-state index < -0.39 is 0 Å². The van der Waals surface area contributed by atoms with E-state index >= 15 is 0 Å². The number of amides is 1. The predicted molar refractivity (Wildman–Crippen MR) is 81.1 cm³/mol. The zero-order valence-corrected chi connectivity index (χ0v) is 13.0. The summed E-state index contributed by atoms with van der Waals surface area (Å²) in [7, 11) is 0. The van der Waals surface area contributed by atoms with E-state index in [9.17, 15) is 4.79 Å². The van der Waals surface area contributed by atoms with E-state index in [1.165, 1.54) is 25.7 Å². The van der Waals surface area contributed by atoms with Gasteiger partial charge in [0.15, 0.2) is 0 Å². The van der Waals surface area contributed by atoms with Crippen molar-refractivity contribution >= 4 is 5.91 Å². The van der Waals surface area contributed by atoms with Gasteiger partial charge in [-0.3, -0.25) is 4.79 Å². The second-order valence-corrected chi connectivity index (χ2v) is 6.38. The van der Waals surface area contributed by atoms with Gasteiger partial charge in [-0.2, -0.15) is 0 Å². The summed E-state index contributed by atoms with van der Waals surface area (Å²) in [6, 6.07) is 0.333. The molecule has 1 saturated heterocycles. The van der Waals surface area contributed by atoms with Crippen molar-refractivity contribution in [2.24, 2.45) is 11.8 Å². The molecule has 0 radical (unpaired) electrons. The topological polar surface area (TPSA) is 41.1 Å². The van der Waals surface area contributed by atoms with Crippen molar-refractivity contribution in [3.63, 3.8) is 0 Å². The first-order chi connectivity index (χ1) is 9.11. The maximum absolute atomic E-state index is 12.0. The first-order valence-corrected chi connectivity index (χ1v) is 8.12. The lowest BCUT2D eigenvalue weighted by molar-refractivity contribution is -0.126. The van der Waals surface area contributed by atoms with Crippen molar-refractivity contribution in [1.82, 2.24) is 10.6 Å². The summed E-state index contributed by atoms with van der Waals surface area (Å²) in [6.45, 7) is 8.58. The molecule has 0 aromatic heterocycles. The maximum atomic E-state index is 12.0. The summed E-state index contributed by atoms with van der Waals surface area (Å²) >= 11 is 0. The van der Waals surface area contributed by atoms with E-state index in [1.54, 1.807) is 0 Å². The van der Waals surface area contributed by atoms with Crippen molar-refractivity contribution in [1.29, 1.82) is 0 Å². The van der Waals surface area contributed by atoms with Gasteiger partial charge in [0.05, 0.1) is 5.92 Å². The molecule has 0 aromatic carbocycles. The molecule has 112 valence electrons. The molecule has 1 rings (SSSR count). The Morgan fingerprint density at radius 1 is 1.26 bits per heavy atom. The molecular weight excluding hydrogens is 236 g/mol. The summed E-state index contributed by atoms with van der Waals surface area (Å²) in [6.07, 6.45) is 8.48. The fourth-order valence-corrected chi connectivity index (χ4v) is 2.78. The van der Waals surface area contributed by atoms with Crippen molar-refractivity contribution in [3.8, 4) is 0 Å². The van der Waals surface area contributed by atoms with Crippen molar-refractivity contribution in [2.75, 3.05) is 13.1 Å². The number of carbonyl (C=O) groups excluding carboxylic acids is 1. The van der Waals surface area contributed by atoms with Crippen LogP contribution in [0.15, 0.2) is 0 Å². The quantitative estimate of drug-likeness (QED) is 0.664. The van der Waals surface area contributed by atoms with Gasteiger partial charge < -0.3 is 10.6 Å². The van der Waals surface area contributed by atoms with Crippen LogP contribution in [0.5, 0.6) is 0 Å². The molecule has 1 aliphatic rings. The summed E-state index contributed by atoms with van der Waals surface area (Å²) in [5.41, 5.74) is 0. The van der Waals surface area contributed by atoms with Crippen molar-refractivity contribution in [2.45, 2.75) is 71.8 Å². The van der Waals surface area contributed by atoms with E-state index in [0.29, 0.717) is 6.04 Å². The molecule has 1 aliphatic heterocycles. The standard InChI is InChI=1S/C16H32N2O/c1-13(2)9-6-4-5-7-11-18-16(19)15-10-8-12-17-14(15)3/h13-15,17H,4-12H2,1-3H3,(H,18,19). The SMILES string of the molecule is CC(C)CCCCCCNC(=O)C1CCCNC1C. The molecule has 0 spiro atoms. The maximum Gasteiger partial charge on any atom is 0.224 e. The van der Waals surface area contributed by atoms with Crippen LogP contribution in [0.4, 0.5) is 0 Å². The molecule has 19 heavy (non-hydrogen) atoms. The van der Waals surface area contributed by atoms with E-state index in [0.717, 1.165) is 38.3 Å². The van der Waals surface area contributed by atoms with Crippen LogP contribution >= 0.6 is 0 Å². The van der Waals surface area contributed by atoms with Gasteiger partial charge in [0.2, 0.25) is 5.91 Å². The van der Waals surface area contributed by atoms with Crippen LogP contribution in [0.25, 0.3) is 0 Å². The molecule has 1 amide bonds. The molecule has 0 saturated carbocycles. The Morgan fingerprint density at radius 2 is 2.00 bits per heavy atom. The Balaban J connectivity index is 2.01. The summed E-state index contributed by atoms with van der Waals surface area (Å²) < 4.78 is 0. The molecule has 0 aromatic rings. The Kier molecular flexibility index (Phi) is 8.11. The van der Waals surface area contributed by atoms with Gasteiger partial charge in [-0.1, -0.05) is 39.5 Å². The van der Waals surface area contributed by atoms with E-state index in [1.807, 2.05) is 0 Å². The predicted octanol–water partition coefficient (Wildman–Crippen LogP) is 3.10. The molecule has 0 bridgehead atoms. The van der Waals surface area contributed by atoms with Gasteiger partial charge in [0.1, 0.15) is 0 Å². The van der Waals surface area contributed by atoms with Gasteiger partial charge in [-0.05, 0) is 38.6 Å². The number of nitrogens with one attached hydrogen (secondary N) is 2. The molecule has 2 N–H and O–H groups in total. The third-order valence-electron chi connectivity index (χ3n) is 4.11. The lowest BCUT2D eigenvalue weighted by Gasteiger charge is -2.28. The highest BCUT2D eigenvalue weighted by Crippen LogP contribution is 2.16. The Bertz CT molecular complexity index is 253. The first kappa shape index (κ1) is 16.5. The van der Waals surface area contributed by atoms with Crippen LogP contribution < -0.4 is 10.6 Å².